The Balaban J connectivity index is 1.98. The molecule has 0 saturated carbocycles. The van der Waals surface area contributed by atoms with Gasteiger partial charge in [-0.1, -0.05) is 30.3 Å². The zero-order valence-corrected chi connectivity index (χ0v) is 10.6. The average molecular weight is 240 g/mol. The highest BCUT2D eigenvalue weighted by Gasteiger charge is 2.25. The molecule has 0 bridgehead atoms. The highest BCUT2D eigenvalue weighted by atomic mass is 32.3. The molecule has 1 atom stereocenters. The Morgan fingerprint density at radius 3 is 2.50 bits per heavy atom. The van der Waals surface area contributed by atoms with Crippen LogP contribution in [0, 0.1) is 0 Å². The van der Waals surface area contributed by atoms with Crippen molar-refractivity contribution in [2.75, 3.05) is 36.7 Å². The number of hydrogen-bond acceptors (Lipinski definition) is 2. The largest absolute Gasteiger partial charge is 0.388 e. The fraction of sp³-hybridized carbons (Fsp3) is 0.538. The quantitative estimate of drug-likeness (QED) is 0.877. The molecule has 0 aliphatic carbocycles. The Kier molecular flexibility index (Phi) is 3.90. The second-order valence-electron chi connectivity index (χ2n) is 4.59. The molecule has 2 nitrogen and oxygen atoms in total. The lowest BCUT2D eigenvalue weighted by atomic mass is 10.1. The molecule has 0 spiro atoms. The SMILES string of the molecule is CS1(CC(O)c2ccccc2)CCOCC1. The summed E-state index contributed by atoms with van der Waals surface area (Å²) in [6.07, 6.45) is 2.03. The Bertz CT molecular complexity index is 320. The number of ether oxygens (including phenoxy) is 1. The van der Waals surface area contributed by atoms with Crippen LogP contribution in [0.3, 0.4) is 0 Å². The van der Waals surface area contributed by atoms with E-state index < -0.39 is 10.0 Å². The summed E-state index contributed by atoms with van der Waals surface area (Å²) in [5.74, 6) is 3.19. The highest BCUT2D eigenvalue weighted by molar-refractivity contribution is 8.33. The van der Waals surface area contributed by atoms with Gasteiger partial charge in [0, 0.05) is 17.3 Å². The highest BCUT2D eigenvalue weighted by Crippen LogP contribution is 2.48. The van der Waals surface area contributed by atoms with Crippen molar-refractivity contribution in [2.45, 2.75) is 6.10 Å². The van der Waals surface area contributed by atoms with Crippen LogP contribution in [-0.2, 0) is 4.74 Å². The summed E-state index contributed by atoms with van der Waals surface area (Å²) >= 11 is 0. The van der Waals surface area contributed by atoms with Crippen LogP contribution in [0.25, 0.3) is 0 Å². The van der Waals surface area contributed by atoms with E-state index >= 15 is 0 Å². The second kappa shape index (κ2) is 5.21. The van der Waals surface area contributed by atoms with Crippen molar-refractivity contribution < 1.29 is 9.84 Å². The topological polar surface area (TPSA) is 29.5 Å². The number of aliphatic hydroxyl groups excluding tert-OH is 1. The first-order valence-corrected chi connectivity index (χ1v) is 8.27. The van der Waals surface area contributed by atoms with E-state index in [9.17, 15) is 5.11 Å². The van der Waals surface area contributed by atoms with Crippen molar-refractivity contribution in [3.8, 4) is 0 Å². The minimum atomic E-state index is -0.663. The molecule has 1 aliphatic heterocycles. The third-order valence-electron chi connectivity index (χ3n) is 3.19. The van der Waals surface area contributed by atoms with Gasteiger partial charge in [-0.2, -0.15) is 0 Å². The summed E-state index contributed by atoms with van der Waals surface area (Å²) in [5.41, 5.74) is 1.04. The third kappa shape index (κ3) is 3.00. The Hall–Kier alpha value is -0.510. The molecule has 3 heteroatoms. The van der Waals surface area contributed by atoms with Crippen LogP contribution in [0.4, 0.5) is 0 Å². The van der Waals surface area contributed by atoms with Gasteiger partial charge >= 0.3 is 0 Å². The zero-order chi connectivity index (χ0) is 11.4. The molecule has 1 saturated heterocycles. The standard InChI is InChI=1S/C13H20O2S/c1-16(9-7-15-8-10-16)11-13(14)12-5-3-2-4-6-12/h2-6,13-14H,7-11H2,1H3. The van der Waals surface area contributed by atoms with E-state index in [1.165, 1.54) is 0 Å². The van der Waals surface area contributed by atoms with Crippen LogP contribution in [0.2, 0.25) is 0 Å². The molecule has 1 unspecified atom stereocenters. The normalized spacial score (nSPS) is 23.6. The van der Waals surface area contributed by atoms with Crippen LogP contribution in [0.1, 0.15) is 11.7 Å². The van der Waals surface area contributed by atoms with E-state index in [2.05, 4.69) is 6.26 Å². The molecule has 16 heavy (non-hydrogen) atoms. The molecular weight excluding hydrogens is 220 g/mol. The maximum absolute atomic E-state index is 10.2. The third-order valence-corrected chi connectivity index (χ3v) is 6.61. The molecule has 0 amide bonds. The maximum Gasteiger partial charge on any atom is 0.0865 e. The van der Waals surface area contributed by atoms with Gasteiger partial charge < -0.3 is 9.84 Å². The van der Waals surface area contributed by atoms with Crippen molar-refractivity contribution >= 4 is 10.0 Å². The molecule has 0 aromatic heterocycles. The van der Waals surface area contributed by atoms with E-state index in [1.807, 2.05) is 30.3 Å². The molecule has 1 N–H and O–H groups in total. The van der Waals surface area contributed by atoms with Gasteiger partial charge in [-0.15, -0.1) is 0 Å². The van der Waals surface area contributed by atoms with Crippen LogP contribution >= 0.6 is 10.0 Å². The number of benzene rings is 1. The van der Waals surface area contributed by atoms with E-state index in [0.29, 0.717) is 0 Å². The van der Waals surface area contributed by atoms with E-state index in [4.69, 9.17) is 4.74 Å². The Morgan fingerprint density at radius 2 is 1.88 bits per heavy atom. The monoisotopic (exact) mass is 240 g/mol. The lowest BCUT2D eigenvalue weighted by molar-refractivity contribution is 0.157. The van der Waals surface area contributed by atoms with Gasteiger partial charge in [0.05, 0.1) is 19.3 Å². The molecule has 1 aliphatic rings. The van der Waals surface area contributed by atoms with Gasteiger partial charge in [0.2, 0.25) is 0 Å². The van der Waals surface area contributed by atoms with Crippen LogP contribution in [-0.4, -0.2) is 41.8 Å². The number of aliphatic hydroxyl groups is 1. The van der Waals surface area contributed by atoms with Gasteiger partial charge in [-0.25, -0.2) is 10.0 Å². The lowest BCUT2D eigenvalue weighted by Gasteiger charge is -2.40. The first kappa shape index (κ1) is 12.0. The lowest BCUT2D eigenvalue weighted by Crippen LogP contribution is -2.27. The maximum atomic E-state index is 10.2. The Morgan fingerprint density at radius 1 is 1.25 bits per heavy atom. The van der Waals surface area contributed by atoms with E-state index in [-0.39, 0.29) is 6.10 Å². The second-order valence-corrected chi connectivity index (χ2v) is 8.70. The number of rotatable bonds is 3. The van der Waals surface area contributed by atoms with Crippen molar-refractivity contribution in [1.29, 1.82) is 0 Å². The summed E-state index contributed by atoms with van der Waals surface area (Å²) in [7, 11) is -0.663. The molecule has 2 rings (SSSR count). The number of hydrogen-bond donors (Lipinski definition) is 1. The van der Waals surface area contributed by atoms with E-state index in [1.54, 1.807) is 0 Å². The van der Waals surface area contributed by atoms with Crippen molar-refractivity contribution in [3.05, 3.63) is 35.9 Å². The smallest absolute Gasteiger partial charge is 0.0865 e. The minimum absolute atomic E-state index is 0.306. The molecule has 1 fully saturated rings. The Labute approximate surface area is 98.9 Å². The molecule has 0 radical (unpaired) electrons. The average Bonchev–Trinajstić information content (AvgIpc) is 2.30. The molecule has 1 aromatic carbocycles. The van der Waals surface area contributed by atoms with Crippen molar-refractivity contribution in [2.24, 2.45) is 0 Å². The van der Waals surface area contributed by atoms with Crippen LogP contribution in [0.15, 0.2) is 30.3 Å². The fourth-order valence-corrected chi connectivity index (χ4v) is 4.58. The van der Waals surface area contributed by atoms with Gasteiger partial charge in [0.15, 0.2) is 0 Å². The summed E-state index contributed by atoms with van der Waals surface area (Å²) < 4.78 is 5.39. The molecule has 90 valence electrons. The predicted octanol–water partition coefficient (Wildman–Crippen LogP) is 2.18. The van der Waals surface area contributed by atoms with Crippen LogP contribution < -0.4 is 0 Å². The fourth-order valence-electron chi connectivity index (χ4n) is 2.04. The van der Waals surface area contributed by atoms with Gasteiger partial charge in [-0.3, -0.25) is 0 Å². The molecule has 1 aromatic rings. The summed E-state index contributed by atoms with van der Waals surface area (Å²) in [5, 5.41) is 10.2. The van der Waals surface area contributed by atoms with Crippen molar-refractivity contribution in [3.63, 3.8) is 0 Å². The molecular formula is C13H20O2S. The first-order chi connectivity index (χ1) is 7.70. The first-order valence-electron chi connectivity index (χ1n) is 5.72. The zero-order valence-electron chi connectivity index (χ0n) is 9.76. The van der Waals surface area contributed by atoms with Gasteiger partial charge in [-0.05, 0) is 11.8 Å². The summed E-state index contributed by atoms with van der Waals surface area (Å²) in [6, 6.07) is 9.97. The van der Waals surface area contributed by atoms with Crippen LogP contribution in [0.5, 0.6) is 0 Å². The van der Waals surface area contributed by atoms with Gasteiger partial charge in [0.25, 0.3) is 0 Å². The summed E-state index contributed by atoms with van der Waals surface area (Å²) in [6.45, 7) is 1.74. The van der Waals surface area contributed by atoms with E-state index in [0.717, 1.165) is 36.0 Å². The van der Waals surface area contributed by atoms with Gasteiger partial charge in [0.1, 0.15) is 0 Å². The molecule has 1 heterocycles. The predicted molar refractivity (Wildman–Crippen MR) is 70.3 cm³/mol. The summed E-state index contributed by atoms with van der Waals surface area (Å²) in [4.78, 5) is 0. The minimum Gasteiger partial charge on any atom is -0.388 e. The van der Waals surface area contributed by atoms with Crippen molar-refractivity contribution in [1.82, 2.24) is 0 Å².